The van der Waals surface area contributed by atoms with E-state index < -0.39 is 11.6 Å². The molecule has 20 heavy (non-hydrogen) atoms. The van der Waals surface area contributed by atoms with Crippen molar-refractivity contribution in [3.8, 4) is 0 Å². The highest BCUT2D eigenvalue weighted by Crippen LogP contribution is 2.28. The van der Waals surface area contributed by atoms with Gasteiger partial charge in [0.05, 0.1) is 11.2 Å². The number of hydrogen-bond donors (Lipinski definition) is 1. The summed E-state index contributed by atoms with van der Waals surface area (Å²) in [4.78, 5) is 4.21. The van der Waals surface area contributed by atoms with Gasteiger partial charge in [0.1, 0.15) is 11.6 Å². The zero-order valence-electron chi connectivity index (χ0n) is 10.2. The number of anilines is 2. The Labute approximate surface area is 119 Å². The van der Waals surface area contributed by atoms with E-state index in [0.717, 1.165) is 17.0 Å². The minimum Gasteiger partial charge on any atom is -0.353 e. The number of fused-ring (bicyclic) bond motifs is 1. The number of benzene rings is 2. The van der Waals surface area contributed by atoms with Crippen molar-refractivity contribution >= 4 is 33.9 Å². The number of rotatable bonds is 2. The summed E-state index contributed by atoms with van der Waals surface area (Å²) in [6, 6.07) is 10.3. The van der Waals surface area contributed by atoms with Gasteiger partial charge in [-0.05, 0) is 36.4 Å². The van der Waals surface area contributed by atoms with Gasteiger partial charge in [-0.2, -0.15) is 0 Å². The monoisotopic (exact) mass is 290 g/mol. The summed E-state index contributed by atoms with van der Waals surface area (Å²) >= 11 is 5.97. The summed E-state index contributed by atoms with van der Waals surface area (Å²) in [5.41, 5.74) is 1.59. The van der Waals surface area contributed by atoms with Gasteiger partial charge in [-0.3, -0.25) is 4.98 Å². The van der Waals surface area contributed by atoms with Crippen LogP contribution in [0, 0.1) is 11.6 Å². The maximum absolute atomic E-state index is 13.7. The van der Waals surface area contributed by atoms with Crippen LogP contribution >= 0.6 is 11.6 Å². The van der Waals surface area contributed by atoms with Crippen LogP contribution in [0.2, 0.25) is 5.02 Å². The first kappa shape index (κ1) is 12.8. The standard InChI is InChI=1S/C15H9ClF2N2/c16-9-1-3-13-11(7-9)14(5-6-19-13)20-15-4-2-10(17)8-12(15)18/h1-8H,(H,19,20). The smallest absolute Gasteiger partial charge is 0.149 e. The molecule has 0 radical (unpaired) electrons. The van der Waals surface area contributed by atoms with Crippen molar-refractivity contribution < 1.29 is 8.78 Å². The molecule has 1 heterocycles. The third-order valence-electron chi connectivity index (χ3n) is 2.90. The average molecular weight is 291 g/mol. The molecule has 0 aliphatic heterocycles. The lowest BCUT2D eigenvalue weighted by Crippen LogP contribution is -1.96. The molecule has 0 fully saturated rings. The van der Waals surface area contributed by atoms with Crippen molar-refractivity contribution in [1.29, 1.82) is 0 Å². The van der Waals surface area contributed by atoms with E-state index in [9.17, 15) is 8.78 Å². The molecule has 0 saturated carbocycles. The Bertz CT molecular complexity index is 790. The molecule has 100 valence electrons. The Morgan fingerprint density at radius 1 is 0.950 bits per heavy atom. The average Bonchev–Trinajstić information content (AvgIpc) is 2.42. The summed E-state index contributed by atoms with van der Waals surface area (Å²) in [5.74, 6) is -1.27. The third kappa shape index (κ3) is 2.42. The van der Waals surface area contributed by atoms with E-state index in [4.69, 9.17) is 11.6 Å². The molecule has 3 rings (SSSR count). The van der Waals surface area contributed by atoms with Crippen LogP contribution in [0.1, 0.15) is 0 Å². The molecule has 2 aromatic carbocycles. The van der Waals surface area contributed by atoms with Gasteiger partial charge in [-0.15, -0.1) is 0 Å². The molecule has 0 aliphatic rings. The summed E-state index contributed by atoms with van der Waals surface area (Å²) in [6.07, 6.45) is 1.61. The lowest BCUT2D eigenvalue weighted by molar-refractivity contribution is 0.586. The Hall–Kier alpha value is -2.20. The molecular weight excluding hydrogens is 282 g/mol. The van der Waals surface area contributed by atoms with Crippen molar-refractivity contribution in [2.45, 2.75) is 0 Å². The molecule has 0 atom stereocenters. The highest BCUT2D eigenvalue weighted by atomic mass is 35.5. The zero-order valence-corrected chi connectivity index (χ0v) is 11.0. The number of nitrogens with zero attached hydrogens (tertiary/aromatic N) is 1. The van der Waals surface area contributed by atoms with E-state index in [1.807, 2.05) is 0 Å². The van der Waals surface area contributed by atoms with Crippen molar-refractivity contribution in [3.63, 3.8) is 0 Å². The number of pyridine rings is 1. The number of halogens is 3. The van der Waals surface area contributed by atoms with Crippen molar-refractivity contribution in [3.05, 3.63) is 65.3 Å². The second kappa shape index (κ2) is 5.06. The molecule has 0 spiro atoms. The van der Waals surface area contributed by atoms with E-state index in [-0.39, 0.29) is 5.69 Å². The maximum Gasteiger partial charge on any atom is 0.149 e. The fourth-order valence-electron chi connectivity index (χ4n) is 1.96. The van der Waals surface area contributed by atoms with Gasteiger partial charge >= 0.3 is 0 Å². The van der Waals surface area contributed by atoms with Crippen LogP contribution in [-0.2, 0) is 0 Å². The fraction of sp³-hybridized carbons (Fsp3) is 0. The highest BCUT2D eigenvalue weighted by molar-refractivity contribution is 6.31. The third-order valence-corrected chi connectivity index (χ3v) is 3.14. The Morgan fingerprint density at radius 2 is 1.80 bits per heavy atom. The number of hydrogen-bond acceptors (Lipinski definition) is 2. The summed E-state index contributed by atoms with van der Waals surface area (Å²) < 4.78 is 26.6. The summed E-state index contributed by atoms with van der Waals surface area (Å²) in [6.45, 7) is 0. The highest BCUT2D eigenvalue weighted by Gasteiger charge is 2.07. The molecule has 0 bridgehead atoms. The Balaban J connectivity index is 2.08. The van der Waals surface area contributed by atoms with Gasteiger partial charge in [0, 0.05) is 28.4 Å². The first-order valence-corrected chi connectivity index (χ1v) is 6.27. The molecule has 2 nitrogen and oxygen atoms in total. The SMILES string of the molecule is Fc1ccc(Nc2ccnc3ccc(Cl)cc23)c(F)c1. The van der Waals surface area contributed by atoms with Crippen LogP contribution in [-0.4, -0.2) is 4.98 Å². The molecule has 0 unspecified atom stereocenters. The topological polar surface area (TPSA) is 24.9 Å². The number of nitrogens with one attached hydrogen (secondary N) is 1. The van der Waals surface area contributed by atoms with E-state index >= 15 is 0 Å². The van der Waals surface area contributed by atoms with Crippen LogP contribution in [0.25, 0.3) is 10.9 Å². The van der Waals surface area contributed by atoms with Gasteiger partial charge < -0.3 is 5.32 Å². The molecule has 0 saturated heterocycles. The lowest BCUT2D eigenvalue weighted by atomic mass is 10.2. The second-order valence-electron chi connectivity index (χ2n) is 4.27. The quantitative estimate of drug-likeness (QED) is 0.725. The summed E-state index contributed by atoms with van der Waals surface area (Å²) in [7, 11) is 0. The molecule has 0 amide bonds. The van der Waals surface area contributed by atoms with E-state index in [0.29, 0.717) is 10.7 Å². The van der Waals surface area contributed by atoms with E-state index in [1.54, 1.807) is 30.5 Å². The minimum absolute atomic E-state index is 0.193. The number of aromatic nitrogens is 1. The van der Waals surface area contributed by atoms with Gasteiger partial charge in [0.2, 0.25) is 0 Å². The lowest BCUT2D eigenvalue weighted by Gasteiger charge is -2.10. The maximum atomic E-state index is 13.7. The van der Waals surface area contributed by atoms with Gasteiger partial charge in [0.25, 0.3) is 0 Å². The van der Waals surface area contributed by atoms with E-state index in [2.05, 4.69) is 10.3 Å². The van der Waals surface area contributed by atoms with Crippen molar-refractivity contribution in [2.24, 2.45) is 0 Å². The molecule has 0 aliphatic carbocycles. The van der Waals surface area contributed by atoms with Gasteiger partial charge in [-0.1, -0.05) is 11.6 Å². The van der Waals surface area contributed by atoms with Crippen LogP contribution in [0.4, 0.5) is 20.2 Å². The van der Waals surface area contributed by atoms with E-state index in [1.165, 1.54) is 12.1 Å². The fourth-order valence-corrected chi connectivity index (χ4v) is 2.14. The largest absolute Gasteiger partial charge is 0.353 e. The first-order chi connectivity index (χ1) is 9.63. The van der Waals surface area contributed by atoms with Crippen LogP contribution < -0.4 is 5.32 Å². The predicted molar refractivity (Wildman–Crippen MR) is 76.4 cm³/mol. The molecular formula is C15H9ClF2N2. The first-order valence-electron chi connectivity index (χ1n) is 5.90. The summed E-state index contributed by atoms with van der Waals surface area (Å²) in [5, 5.41) is 4.26. The Kier molecular flexibility index (Phi) is 3.24. The molecule has 5 heteroatoms. The normalized spacial score (nSPS) is 10.8. The van der Waals surface area contributed by atoms with Crippen LogP contribution in [0.15, 0.2) is 48.7 Å². The zero-order chi connectivity index (χ0) is 14.1. The molecule has 1 aromatic heterocycles. The van der Waals surface area contributed by atoms with Crippen LogP contribution in [0.3, 0.4) is 0 Å². The van der Waals surface area contributed by atoms with Crippen LogP contribution in [0.5, 0.6) is 0 Å². The van der Waals surface area contributed by atoms with Gasteiger partial charge in [-0.25, -0.2) is 8.78 Å². The second-order valence-corrected chi connectivity index (χ2v) is 4.71. The predicted octanol–water partition coefficient (Wildman–Crippen LogP) is 4.91. The van der Waals surface area contributed by atoms with Crippen molar-refractivity contribution in [1.82, 2.24) is 4.98 Å². The van der Waals surface area contributed by atoms with Gasteiger partial charge in [0.15, 0.2) is 0 Å². The Morgan fingerprint density at radius 3 is 2.60 bits per heavy atom. The van der Waals surface area contributed by atoms with Crippen molar-refractivity contribution in [2.75, 3.05) is 5.32 Å². The molecule has 1 N–H and O–H groups in total. The minimum atomic E-state index is -0.656. The molecule has 3 aromatic rings.